The van der Waals surface area contributed by atoms with Gasteiger partial charge in [-0.1, -0.05) is 0 Å². The van der Waals surface area contributed by atoms with Gasteiger partial charge in [-0.3, -0.25) is 0 Å². The summed E-state index contributed by atoms with van der Waals surface area (Å²) in [5, 5.41) is 3.41. The van der Waals surface area contributed by atoms with Crippen LogP contribution in [-0.4, -0.2) is 29.3 Å². The van der Waals surface area contributed by atoms with E-state index < -0.39 is 0 Å². The molecule has 0 amide bonds. The van der Waals surface area contributed by atoms with E-state index >= 15 is 0 Å². The van der Waals surface area contributed by atoms with Crippen LogP contribution in [0.3, 0.4) is 0 Å². The van der Waals surface area contributed by atoms with Crippen molar-refractivity contribution in [2.75, 3.05) is 19.8 Å². The number of halogens is 2. The second-order valence-electron chi connectivity index (χ2n) is 4.42. The molecule has 1 N–H and O–H groups in total. The van der Waals surface area contributed by atoms with E-state index in [4.69, 9.17) is 9.72 Å². The Kier molecular flexibility index (Phi) is 4.68. The summed E-state index contributed by atoms with van der Waals surface area (Å²) in [6.45, 7) is 4.88. The monoisotopic (exact) mass is 369 g/mol. The number of nitrogens with zero attached hydrogens (tertiary/aromatic N) is 2. The Balaban J connectivity index is 0.00000108. The van der Waals surface area contributed by atoms with Crippen molar-refractivity contribution >= 4 is 35.0 Å². The van der Waals surface area contributed by atoms with Crippen molar-refractivity contribution in [2.24, 2.45) is 0 Å². The van der Waals surface area contributed by atoms with Crippen LogP contribution in [0.25, 0.3) is 0 Å². The molecule has 0 atom stereocenters. The van der Waals surface area contributed by atoms with Crippen LogP contribution >= 0.6 is 35.0 Å². The number of imidazole rings is 1. The Morgan fingerprint density at radius 1 is 1.35 bits per heavy atom. The summed E-state index contributed by atoms with van der Waals surface area (Å²) >= 11 is 2.36. The Labute approximate surface area is 121 Å². The third-order valence-corrected chi connectivity index (χ3v) is 4.31. The summed E-state index contributed by atoms with van der Waals surface area (Å²) < 4.78 is 9.02. The predicted molar refractivity (Wildman–Crippen MR) is 76.7 cm³/mol. The molecule has 0 radical (unpaired) electrons. The number of aromatic nitrogens is 2. The first kappa shape index (κ1) is 13.6. The van der Waals surface area contributed by atoms with Crippen LogP contribution in [-0.2, 0) is 17.8 Å². The number of rotatable bonds is 1. The van der Waals surface area contributed by atoms with Crippen molar-refractivity contribution in [1.82, 2.24) is 14.9 Å². The van der Waals surface area contributed by atoms with Gasteiger partial charge in [0, 0.05) is 38.8 Å². The van der Waals surface area contributed by atoms with Crippen LogP contribution in [0.2, 0.25) is 0 Å². The average molecular weight is 370 g/mol. The molecule has 6 heteroatoms. The highest BCUT2D eigenvalue weighted by atomic mass is 127. The zero-order valence-electron chi connectivity index (χ0n) is 9.62. The van der Waals surface area contributed by atoms with Crippen LogP contribution < -0.4 is 5.32 Å². The summed E-state index contributed by atoms with van der Waals surface area (Å²) in [5.74, 6) is 1.90. The van der Waals surface area contributed by atoms with Crippen molar-refractivity contribution < 1.29 is 4.74 Å². The predicted octanol–water partition coefficient (Wildman–Crippen LogP) is 1.91. The SMILES string of the molecule is Cl.Ic1nc(C2CCOCC2)n2c1CNCC2. The van der Waals surface area contributed by atoms with Gasteiger partial charge >= 0.3 is 0 Å². The first-order valence-corrected chi connectivity index (χ1v) is 6.97. The van der Waals surface area contributed by atoms with Crippen molar-refractivity contribution in [2.45, 2.75) is 31.8 Å². The Bertz CT molecular complexity index is 390. The normalized spacial score (nSPS) is 20.8. The van der Waals surface area contributed by atoms with Crippen LogP contribution in [0, 0.1) is 3.70 Å². The van der Waals surface area contributed by atoms with Gasteiger partial charge in [-0.2, -0.15) is 0 Å². The summed E-state index contributed by atoms with van der Waals surface area (Å²) in [4.78, 5) is 4.77. The molecular formula is C11H17ClIN3O. The Morgan fingerprint density at radius 2 is 2.12 bits per heavy atom. The number of hydrogen-bond donors (Lipinski definition) is 1. The van der Waals surface area contributed by atoms with Crippen LogP contribution in [0.1, 0.15) is 30.3 Å². The van der Waals surface area contributed by atoms with Gasteiger partial charge in [0.05, 0.1) is 5.69 Å². The van der Waals surface area contributed by atoms with E-state index in [9.17, 15) is 0 Å². The van der Waals surface area contributed by atoms with Crippen molar-refractivity contribution in [3.05, 3.63) is 15.2 Å². The first-order chi connectivity index (χ1) is 7.86. The van der Waals surface area contributed by atoms with Crippen molar-refractivity contribution in [1.29, 1.82) is 0 Å². The van der Waals surface area contributed by atoms with E-state index in [1.165, 1.54) is 15.2 Å². The van der Waals surface area contributed by atoms with E-state index in [1.807, 2.05) is 0 Å². The van der Waals surface area contributed by atoms with Gasteiger partial charge < -0.3 is 14.6 Å². The second-order valence-corrected chi connectivity index (χ2v) is 5.44. The van der Waals surface area contributed by atoms with Gasteiger partial charge in [0.25, 0.3) is 0 Å². The molecule has 3 rings (SSSR count). The molecule has 0 aliphatic carbocycles. The molecule has 4 nitrogen and oxygen atoms in total. The van der Waals surface area contributed by atoms with Gasteiger partial charge in [-0.25, -0.2) is 4.98 Å². The van der Waals surface area contributed by atoms with Gasteiger partial charge in [0.1, 0.15) is 9.53 Å². The lowest BCUT2D eigenvalue weighted by Gasteiger charge is -2.25. The summed E-state index contributed by atoms with van der Waals surface area (Å²) in [6, 6.07) is 0. The lowest BCUT2D eigenvalue weighted by atomic mass is 9.99. The molecule has 1 saturated heterocycles. The molecule has 17 heavy (non-hydrogen) atoms. The first-order valence-electron chi connectivity index (χ1n) is 5.89. The maximum Gasteiger partial charge on any atom is 0.124 e. The minimum Gasteiger partial charge on any atom is -0.381 e. The molecule has 3 heterocycles. The molecule has 1 aromatic heterocycles. The molecule has 0 bridgehead atoms. The van der Waals surface area contributed by atoms with Crippen molar-refractivity contribution in [3.63, 3.8) is 0 Å². The quantitative estimate of drug-likeness (QED) is 0.769. The maximum atomic E-state index is 5.42. The van der Waals surface area contributed by atoms with E-state index in [1.54, 1.807) is 0 Å². The molecule has 1 fully saturated rings. The highest BCUT2D eigenvalue weighted by molar-refractivity contribution is 14.1. The van der Waals surface area contributed by atoms with Gasteiger partial charge in [-0.05, 0) is 35.4 Å². The molecule has 96 valence electrons. The summed E-state index contributed by atoms with van der Waals surface area (Å²) in [6.07, 6.45) is 2.25. The minimum absolute atomic E-state index is 0. The fourth-order valence-corrected chi connectivity index (χ4v) is 3.29. The third-order valence-electron chi connectivity index (χ3n) is 3.44. The molecule has 0 saturated carbocycles. The van der Waals surface area contributed by atoms with E-state index in [-0.39, 0.29) is 12.4 Å². The van der Waals surface area contributed by atoms with E-state index in [0.29, 0.717) is 5.92 Å². The number of nitrogens with one attached hydrogen (secondary N) is 1. The van der Waals surface area contributed by atoms with Crippen LogP contribution in [0.15, 0.2) is 0 Å². The molecule has 0 aromatic carbocycles. The van der Waals surface area contributed by atoms with Crippen molar-refractivity contribution in [3.8, 4) is 0 Å². The van der Waals surface area contributed by atoms with E-state index in [2.05, 4.69) is 32.5 Å². The molecular weight excluding hydrogens is 352 g/mol. The standard InChI is InChI=1S/C11H16IN3O.ClH/c12-10-9-7-13-3-4-15(9)11(14-10)8-1-5-16-6-2-8;/h8,13H,1-7H2;1H. The fourth-order valence-electron chi connectivity index (χ4n) is 2.56. The van der Waals surface area contributed by atoms with Crippen LogP contribution in [0.5, 0.6) is 0 Å². The Hall–Kier alpha value is 0.150. The van der Waals surface area contributed by atoms with Gasteiger partial charge in [-0.15, -0.1) is 12.4 Å². The molecule has 1 aromatic rings. The molecule has 2 aliphatic heterocycles. The second kappa shape index (κ2) is 5.86. The minimum atomic E-state index is 0. The lowest BCUT2D eigenvalue weighted by molar-refractivity contribution is 0.0826. The molecule has 0 spiro atoms. The Morgan fingerprint density at radius 3 is 2.88 bits per heavy atom. The highest BCUT2D eigenvalue weighted by Crippen LogP contribution is 2.29. The number of ether oxygens (including phenoxy) is 1. The van der Waals surface area contributed by atoms with Crippen LogP contribution in [0.4, 0.5) is 0 Å². The van der Waals surface area contributed by atoms with Gasteiger partial charge in [0.2, 0.25) is 0 Å². The highest BCUT2D eigenvalue weighted by Gasteiger charge is 2.25. The van der Waals surface area contributed by atoms with Gasteiger partial charge in [0.15, 0.2) is 0 Å². The van der Waals surface area contributed by atoms with E-state index in [0.717, 1.165) is 45.7 Å². The third kappa shape index (κ3) is 2.62. The topological polar surface area (TPSA) is 39.1 Å². The number of fused-ring (bicyclic) bond motifs is 1. The number of hydrogen-bond acceptors (Lipinski definition) is 3. The lowest BCUT2D eigenvalue weighted by Crippen LogP contribution is -2.30. The largest absolute Gasteiger partial charge is 0.381 e. The molecule has 2 aliphatic rings. The summed E-state index contributed by atoms with van der Waals surface area (Å²) in [7, 11) is 0. The smallest absolute Gasteiger partial charge is 0.124 e. The molecule has 0 unspecified atom stereocenters. The maximum absolute atomic E-state index is 5.42. The zero-order chi connectivity index (χ0) is 11.0. The average Bonchev–Trinajstić information content (AvgIpc) is 2.69. The fraction of sp³-hybridized carbons (Fsp3) is 0.727. The summed E-state index contributed by atoms with van der Waals surface area (Å²) in [5.41, 5.74) is 1.37. The zero-order valence-corrected chi connectivity index (χ0v) is 12.6.